The third kappa shape index (κ3) is 3.63. The van der Waals surface area contributed by atoms with Crippen LogP contribution in [-0.2, 0) is 4.79 Å². The summed E-state index contributed by atoms with van der Waals surface area (Å²) in [6, 6.07) is 7.45. The summed E-state index contributed by atoms with van der Waals surface area (Å²) in [6.45, 7) is 4.91. The molecule has 5 nitrogen and oxygen atoms in total. The summed E-state index contributed by atoms with van der Waals surface area (Å²) in [7, 11) is 0. The van der Waals surface area contributed by atoms with E-state index in [0.29, 0.717) is 26.1 Å². The van der Waals surface area contributed by atoms with E-state index in [0.717, 1.165) is 24.4 Å². The van der Waals surface area contributed by atoms with Crippen LogP contribution in [0.3, 0.4) is 0 Å². The molecule has 0 saturated heterocycles. The second-order valence-electron chi connectivity index (χ2n) is 4.89. The molecule has 0 spiro atoms. The Morgan fingerprint density at radius 2 is 2.30 bits per heavy atom. The van der Waals surface area contributed by atoms with Gasteiger partial charge in [-0.25, -0.2) is 0 Å². The molecule has 110 valence electrons. The zero-order valence-electron chi connectivity index (χ0n) is 11.8. The van der Waals surface area contributed by atoms with Crippen molar-refractivity contribution < 1.29 is 14.6 Å². The quantitative estimate of drug-likeness (QED) is 0.830. The maximum Gasteiger partial charge on any atom is 0.320 e. The number of nitrogens with one attached hydrogen (secondary N) is 1. The number of nitrogens with zero attached hydrogens (tertiary/aromatic N) is 1. The van der Waals surface area contributed by atoms with E-state index in [2.05, 4.69) is 10.2 Å². The molecule has 0 aromatic heterocycles. The summed E-state index contributed by atoms with van der Waals surface area (Å²) >= 11 is 0. The predicted octanol–water partition coefficient (Wildman–Crippen LogP) is 1.73. The van der Waals surface area contributed by atoms with Crippen LogP contribution in [0.2, 0.25) is 0 Å². The lowest BCUT2D eigenvalue weighted by molar-refractivity contribution is -0.139. The predicted molar refractivity (Wildman–Crippen MR) is 78.5 cm³/mol. The highest BCUT2D eigenvalue weighted by molar-refractivity contribution is 5.73. The van der Waals surface area contributed by atoms with E-state index in [4.69, 9.17) is 4.74 Å². The second kappa shape index (κ2) is 7.14. The minimum absolute atomic E-state index is 0.490. The van der Waals surface area contributed by atoms with E-state index in [1.807, 2.05) is 31.2 Å². The molecule has 1 unspecified atom stereocenters. The van der Waals surface area contributed by atoms with Gasteiger partial charge in [-0.2, -0.15) is 0 Å². The van der Waals surface area contributed by atoms with Crippen molar-refractivity contribution in [1.82, 2.24) is 5.32 Å². The molecule has 2 N–H and O–H groups in total. The summed E-state index contributed by atoms with van der Waals surface area (Å²) in [5, 5.41) is 12.2. The van der Waals surface area contributed by atoms with Gasteiger partial charge in [0.2, 0.25) is 0 Å². The normalized spacial score (nSPS) is 15.9. The summed E-state index contributed by atoms with van der Waals surface area (Å²) < 4.78 is 5.71. The number of carboxylic acids is 1. The van der Waals surface area contributed by atoms with Gasteiger partial charge in [0.15, 0.2) is 0 Å². The van der Waals surface area contributed by atoms with Crippen LogP contribution in [0.1, 0.15) is 19.8 Å². The van der Waals surface area contributed by atoms with Gasteiger partial charge >= 0.3 is 5.97 Å². The molecule has 0 bridgehead atoms. The van der Waals surface area contributed by atoms with Gasteiger partial charge in [-0.05, 0) is 31.5 Å². The van der Waals surface area contributed by atoms with Crippen molar-refractivity contribution in [1.29, 1.82) is 0 Å². The lowest BCUT2D eigenvalue weighted by Gasteiger charge is -2.25. The third-order valence-electron chi connectivity index (χ3n) is 3.47. The minimum Gasteiger partial charge on any atom is -0.491 e. The van der Waals surface area contributed by atoms with E-state index in [1.165, 1.54) is 0 Å². The molecule has 20 heavy (non-hydrogen) atoms. The number of hydrogen-bond acceptors (Lipinski definition) is 4. The molecule has 1 aliphatic heterocycles. The number of hydrogen-bond donors (Lipinski definition) is 2. The number of anilines is 1. The summed E-state index contributed by atoms with van der Waals surface area (Å²) in [4.78, 5) is 13.4. The van der Waals surface area contributed by atoms with Gasteiger partial charge in [-0.15, -0.1) is 0 Å². The number of aliphatic carboxylic acids is 1. The molecule has 1 atom stereocenters. The van der Waals surface area contributed by atoms with E-state index >= 15 is 0 Å². The van der Waals surface area contributed by atoms with Gasteiger partial charge in [-0.3, -0.25) is 4.79 Å². The van der Waals surface area contributed by atoms with Gasteiger partial charge in [0.25, 0.3) is 0 Å². The Hall–Kier alpha value is -1.75. The lowest BCUT2D eigenvalue weighted by atomic mass is 10.1. The first-order chi connectivity index (χ1) is 9.72. The highest BCUT2D eigenvalue weighted by atomic mass is 16.5. The summed E-state index contributed by atoms with van der Waals surface area (Å²) in [6.07, 6.45) is 1.53. The first kappa shape index (κ1) is 14.7. The number of fused-ring (bicyclic) bond motifs is 1. The first-order valence-corrected chi connectivity index (χ1v) is 7.15. The highest BCUT2D eigenvalue weighted by Gasteiger charge is 2.20. The molecular formula is C15H22N2O3. The molecule has 0 amide bonds. The Morgan fingerprint density at radius 1 is 1.50 bits per heavy atom. The van der Waals surface area contributed by atoms with Crippen LogP contribution in [0.25, 0.3) is 0 Å². The number of para-hydroxylation sites is 2. The second-order valence-corrected chi connectivity index (χ2v) is 4.89. The van der Waals surface area contributed by atoms with Crippen LogP contribution in [0, 0.1) is 0 Å². The fourth-order valence-corrected chi connectivity index (χ4v) is 2.47. The Labute approximate surface area is 119 Å². The van der Waals surface area contributed by atoms with Crippen LogP contribution >= 0.6 is 0 Å². The molecule has 0 radical (unpaired) electrons. The van der Waals surface area contributed by atoms with Crippen LogP contribution in [0.4, 0.5) is 5.69 Å². The van der Waals surface area contributed by atoms with Crippen LogP contribution in [0.5, 0.6) is 5.75 Å². The van der Waals surface area contributed by atoms with Gasteiger partial charge in [0.1, 0.15) is 11.8 Å². The van der Waals surface area contributed by atoms with E-state index in [-0.39, 0.29) is 0 Å². The van der Waals surface area contributed by atoms with Crippen molar-refractivity contribution >= 4 is 11.7 Å². The molecule has 1 aromatic rings. The standard InChI is InChI=1S/C15H22N2O3/c1-2-16-12(15(18)19)8-10-17-9-5-11-20-14-7-4-3-6-13(14)17/h3-4,6-7,12,16H,2,5,8-11H2,1H3,(H,18,19). The van der Waals surface area contributed by atoms with Gasteiger partial charge in [0.05, 0.1) is 12.3 Å². The number of benzene rings is 1. The minimum atomic E-state index is -0.786. The average molecular weight is 278 g/mol. The van der Waals surface area contributed by atoms with Crippen molar-refractivity contribution in [2.45, 2.75) is 25.8 Å². The molecule has 1 aliphatic rings. The Morgan fingerprint density at radius 3 is 3.05 bits per heavy atom. The maximum absolute atomic E-state index is 11.2. The molecule has 5 heteroatoms. The lowest BCUT2D eigenvalue weighted by Crippen LogP contribution is -2.40. The monoisotopic (exact) mass is 278 g/mol. The number of carboxylic acid groups (broad SMARTS) is 1. The van der Waals surface area contributed by atoms with Crippen molar-refractivity contribution in [2.75, 3.05) is 31.1 Å². The molecule has 0 saturated carbocycles. The summed E-state index contributed by atoms with van der Waals surface area (Å²) in [5.41, 5.74) is 1.06. The van der Waals surface area contributed by atoms with Crippen molar-refractivity contribution in [2.24, 2.45) is 0 Å². The number of likely N-dealkylation sites (N-methyl/N-ethyl adjacent to an activating group) is 1. The third-order valence-corrected chi connectivity index (χ3v) is 3.47. The Balaban J connectivity index is 2.03. The maximum atomic E-state index is 11.2. The van der Waals surface area contributed by atoms with Gasteiger partial charge in [0, 0.05) is 13.1 Å². The van der Waals surface area contributed by atoms with E-state index in [9.17, 15) is 9.90 Å². The smallest absolute Gasteiger partial charge is 0.320 e. The van der Waals surface area contributed by atoms with Gasteiger partial charge in [-0.1, -0.05) is 19.1 Å². The molecule has 1 heterocycles. The van der Waals surface area contributed by atoms with E-state index in [1.54, 1.807) is 0 Å². The van der Waals surface area contributed by atoms with Gasteiger partial charge < -0.3 is 20.1 Å². The molecule has 2 rings (SSSR count). The molecule has 0 fully saturated rings. The molecule has 1 aromatic carbocycles. The zero-order chi connectivity index (χ0) is 14.4. The van der Waals surface area contributed by atoms with Crippen molar-refractivity contribution in [3.05, 3.63) is 24.3 Å². The highest BCUT2D eigenvalue weighted by Crippen LogP contribution is 2.30. The summed E-state index contributed by atoms with van der Waals surface area (Å²) in [5.74, 6) is 0.103. The van der Waals surface area contributed by atoms with Crippen molar-refractivity contribution in [3.63, 3.8) is 0 Å². The topological polar surface area (TPSA) is 61.8 Å². The van der Waals surface area contributed by atoms with E-state index < -0.39 is 12.0 Å². The average Bonchev–Trinajstić information content (AvgIpc) is 2.65. The SMILES string of the molecule is CCNC(CCN1CCCOc2ccccc21)C(=O)O. The molecular weight excluding hydrogens is 256 g/mol. The Kier molecular flexibility index (Phi) is 5.24. The fourth-order valence-electron chi connectivity index (χ4n) is 2.47. The largest absolute Gasteiger partial charge is 0.491 e. The number of ether oxygens (including phenoxy) is 1. The van der Waals surface area contributed by atoms with Crippen LogP contribution in [0.15, 0.2) is 24.3 Å². The fraction of sp³-hybridized carbons (Fsp3) is 0.533. The van der Waals surface area contributed by atoms with Crippen LogP contribution < -0.4 is 15.0 Å². The Bertz CT molecular complexity index is 450. The number of carbonyl (C=O) groups is 1. The molecule has 0 aliphatic carbocycles. The number of rotatable bonds is 6. The van der Waals surface area contributed by atoms with Crippen molar-refractivity contribution in [3.8, 4) is 5.75 Å². The van der Waals surface area contributed by atoms with Crippen LogP contribution in [-0.4, -0.2) is 43.4 Å². The first-order valence-electron chi connectivity index (χ1n) is 7.15. The zero-order valence-corrected chi connectivity index (χ0v) is 11.8.